The van der Waals surface area contributed by atoms with Crippen LogP contribution < -0.4 is 5.32 Å². The van der Waals surface area contributed by atoms with Crippen LogP contribution in [0.1, 0.15) is 32.6 Å². The Morgan fingerprint density at radius 1 is 1.53 bits per heavy atom. The zero-order valence-electron chi connectivity index (χ0n) is 12.1. The zero-order valence-corrected chi connectivity index (χ0v) is 12.9. The second-order valence-corrected chi connectivity index (χ2v) is 7.32. The summed E-state index contributed by atoms with van der Waals surface area (Å²) in [7, 11) is 1.70. The molecule has 2 aliphatic heterocycles. The minimum Gasteiger partial charge on any atom is -0.383 e. The van der Waals surface area contributed by atoms with Crippen molar-refractivity contribution < 1.29 is 9.53 Å². The van der Waals surface area contributed by atoms with Gasteiger partial charge in [0.15, 0.2) is 0 Å². The average molecular weight is 286 g/mol. The van der Waals surface area contributed by atoms with Crippen molar-refractivity contribution in [2.45, 2.75) is 43.4 Å². The van der Waals surface area contributed by atoms with E-state index < -0.39 is 0 Å². The molecule has 1 amide bonds. The van der Waals surface area contributed by atoms with Crippen molar-refractivity contribution in [1.29, 1.82) is 0 Å². The fourth-order valence-corrected chi connectivity index (χ4v) is 4.22. The van der Waals surface area contributed by atoms with Gasteiger partial charge in [-0.3, -0.25) is 4.79 Å². The maximum atomic E-state index is 12.8. The number of hydrogen-bond acceptors (Lipinski definition) is 4. The van der Waals surface area contributed by atoms with Crippen molar-refractivity contribution in [3.05, 3.63) is 0 Å². The van der Waals surface area contributed by atoms with Gasteiger partial charge >= 0.3 is 0 Å². The number of carbonyl (C=O) groups is 1. The molecule has 2 fully saturated rings. The SMILES string of the molecule is COCCN(CC1CCCN1)C(=O)C1(C)CCCS1. The van der Waals surface area contributed by atoms with E-state index in [-0.39, 0.29) is 4.75 Å². The number of amides is 1. The van der Waals surface area contributed by atoms with E-state index in [1.54, 1.807) is 7.11 Å². The second kappa shape index (κ2) is 6.95. The van der Waals surface area contributed by atoms with Crippen LogP contribution in [-0.4, -0.2) is 60.7 Å². The van der Waals surface area contributed by atoms with Gasteiger partial charge in [0, 0.05) is 26.2 Å². The molecule has 2 aliphatic rings. The van der Waals surface area contributed by atoms with Gasteiger partial charge in [-0.05, 0) is 44.9 Å². The molecule has 4 nitrogen and oxygen atoms in total. The van der Waals surface area contributed by atoms with Crippen LogP contribution >= 0.6 is 11.8 Å². The van der Waals surface area contributed by atoms with Gasteiger partial charge in [-0.2, -0.15) is 0 Å². The topological polar surface area (TPSA) is 41.6 Å². The first-order valence-electron chi connectivity index (χ1n) is 7.31. The molecule has 0 aromatic rings. The Balaban J connectivity index is 1.96. The van der Waals surface area contributed by atoms with E-state index in [0.717, 1.165) is 31.7 Å². The van der Waals surface area contributed by atoms with Gasteiger partial charge in [0.25, 0.3) is 0 Å². The van der Waals surface area contributed by atoms with E-state index >= 15 is 0 Å². The molecule has 0 saturated carbocycles. The van der Waals surface area contributed by atoms with Crippen LogP contribution in [0, 0.1) is 0 Å². The molecule has 0 aliphatic carbocycles. The molecule has 2 unspecified atom stereocenters. The van der Waals surface area contributed by atoms with Crippen molar-refractivity contribution in [3.63, 3.8) is 0 Å². The molecule has 2 saturated heterocycles. The summed E-state index contributed by atoms with van der Waals surface area (Å²) in [6.07, 6.45) is 4.58. The number of ether oxygens (including phenoxy) is 1. The van der Waals surface area contributed by atoms with E-state index in [2.05, 4.69) is 12.2 Å². The molecule has 0 radical (unpaired) electrons. The quantitative estimate of drug-likeness (QED) is 0.803. The molecule has 0 bridgehead atoms. The number of rotatable bonds is 6. The molecule has 0 aromatic carbocycles. The maximum Gasteiger partial charge on any atom is 0.238 e. The number of hydrogen-bond donors (Lipinski definition) is 1. The predicted molar refractivity (Wildman–Crippen MR) is 79.6 cm³/mol. The lowest BCUT2D eigenvalue weighted by Gasteiger charge is -2.32. The maximum absolute atomic E-state index is 12.8. The van der Waals surface area contributed by atoms with Gasteiger partial charge in [0.05, 0.1) is 11.4 Å². The normalized spacial score (nSPS) is 30.7. The molecular formula is C14H26N2O2S. The van der Waals surface area contributed by atoms with E-state index in [9.17, 15) is 4.79 Å². The van der Waals surface area contributed by atoms with Gasteiger partial charge in [-0.1, -0.05) is 0 Å². The Hall–Kier alpha value is -0.260. The van der Waals surface area contributed by atoms with Gasteiger partial charge in [0.2, 0.25) is 5.91 Å². The number of methoxy groups -OCH3 is 1. The summed E-state index contributed by atoms with van der Waals surface area (Å²) in [5.41, 5.74) is 0. The summed E-state index contributed by atoms with van der Waals surface area (Å²) in [6.45, 7) is 5.36. The van der Waals surface area contributed by atoms with Gasteiger partial charge in [0.1, 0.15) is 0 Å². The highest BCUT2D eigenvalue weighted by Crippen LogP contribution is 2.39. The first-order valence-corrected chi connectivity index (χ1v) is 8.30. The minimum atomic E-state index is -0.202. The third-order valence-corrected chi connectivity index (χ3v) is 5.64. The molecule has 19 heavy (non-hydrogen) atoms. The number of nitrogens with zero attached hydrogens (tertiary/aromatic N) is 1. The summed E-state index contributed by atoms with van der Waals surface area (Å²) in [6, 6.07) is 0.468. The Morgan fingerprint density at radius 3 is 2.95 bits per heavy atom. The smallest absolute Gasteiger partial charge is 0.238 e. The standard InChI is InChI=1S/C14H26N2O2S/c1-14(6-4-10-19-14)13(17)16(8-9-18-2)11-12-5-3-7-15-12/h12,15H,3-11H2,1-2H3. The molecular weight excluding hydrogens is 260 g/mol. The molecule has 2 atom stereocenters. The molecule has 0 aromatic heterocycles. The van der Waals surface area contributed by atoms with Crippen molar-refractivity contribution >= 4 is 17.7 Å². The molecule has 110 valence electrons. The van der Waals surface area contributed by atoms with Crippen LogP contribution in [0.5, 0.6) is 0 Å². The van der Waals surface area contributed by atoms with Gasteiger partial charge in [-0.15, -0.1) is 11.8 Å². The van der Waals surface area contributed by atoms with Crippen molar-refractivity contribution in [3.8, 4) is 0 Å². The molecule has 5 heteroatoms. The average Bonchev–Trinajstić information content (AvgIpc) is 3.06. The lowest BCUT2D eigenvalue weighted by atomic mass is 10.0. The first-order chi connectivity index (χ1) is 9.15. The largest absolute Gasteiger partial charge is 0.383 e. The molecule has 2 rings (SSSR count). The lowest BCUT2D eigenvalue weighted by Crippen LogP contribution is -2.49. The van der Waals surface area contributed by atoms with Gasteiger partial charge < -0.3 is 15.0 Å². The summed E-state index contributed by atoms with van der Waals surface area (Å²) < 4.78 is 4.96. The van der Waals surface area contributed by atoms with E-state index in [1.807, 2.05) is 16.7 Å². The molecule has 2 heterocycles. The summed E-state index contributed by atoms with van der Waals surface area (Å²) >= 11 is 1.82. The highest BCUT2D eigenvalue weighted by atomic mass is 32.2. The van der Waals surface area contributed by atoms with Crippen molar-refractivity contribution in [1.82, 2.24) is 10.2 Å². The summed E-state index contributed by atoms with van der Waals surface area (Å²) in [4.78, 5) is 14.8. The van der Waals surface area contributed by atoms with Gasteiger partial charge in [-0.25, -0.2) is 0 Å². The Kier molecular flexibility index (Phi) is 5.54. The number of carbonyl (C=O) groups excluding carboxylic acids is 1. The van der Waals surface area contributed by atoms with Crippen LogP contribution in [-0.2, 0) is 9.53 Å². The fraction of sp³-hybridized carbons (Fsp3) is 0.929. The zero-order chi connectivity index (χ0) is 13.7. The minimum absolute atomic E-state index is 0.202. The Labute approximate surface area is 120 Å². The third kappa shape index (κ3) is 3.86. The predicted octanol–water partition coefficient (Wildman–Crippen LogP) is 1.50. The second-order valence-electron chi connectivity index (χ2n) is 5.72. The van der Waals surface area contributed by atoms with E-state index in [1.165, 1.54) is 12.8 Å². The third-order valence-electron chi connectivity index (χ3n) is 4.13. The van der Waals surface area contributed by atoms with Crippen LogP contribution in [0.2, 0.25) is 0 Å². The Morgan fingerprint density at radius 2 is 2.37 bits per heavy atom. The highest BCUT2D eigenvalue weighted by Gasteiger charge is 2.40. The summed E-state index contributed by atoms with van der Waals surface area (Å²) in [5, 5.41) is 3.48. The van der Waals surface area contributed by atoms with E-state index in [0.29, 0.717) is 25.1 Å². The van der Waals surface area contributed by atoms with Crippen LogP contribution in [0.4, 0.5) is 0 Å². The van der Waals surface area contributed by atoms with Crippen molar-refractivity contribution in [2.75, 3.05) is 39.1 Å². The highest BCUT2D eigenvalue weighted by molar-refractivity contribution is 8.01. The van der Waals surface area contributed by atoms with Crippen LogP contribution in [0.25, 0.3) is 0 Å². The Bertz CT molecular complexity index is 300. The fourth-order valence-electron chi connectivity index (χ4n) is 2.94. The van der Waals surface area contributed by atoms with Crippen LogP contribution in [0.15, 0.2) is 0 Å². The van der Waals surface area contributed by atoms with Crippen LogP contribution in [0.3, 0.4) is 0 Å². The lowest BCUT2D eigenvalue weighted by molar-refractivity contribution is -0.134. The van der Waals surface area contributed by atoms with Crippen molar-refractivity contribution in [2.24, 2.45) is 0 Å². The monoisotopic (exact) mass is 286 g/mol. The van der Waals surface area contributed by atoms with E-state index in [4.69, 9.17) is 4.74 Å². The number of nitrogens with one attached hydrogen (secondary N) is 1. The first kappa shape index (κ1) is 15.1. The number of thioether (sulfide) groups is 1. The molecule has 0 spiro atoms. The summed E-state index contributed by atoms with van der Waals surface area (Å²) in [5.74, 6) is 1.42. The molecule has 1 N–H and O–H groups in total.